The van der Waals surface area contributed by atoms with E-state index in [-0.39, 0.29) is 18.4 Å². The first kappa shape index (κ1) is 14.7. The van der Waals surface area contributed by atoms with Crippen LogP contribution in [-0.2, 0) is 11.0 Å². The fraction of sp³-hybridized carbons (Fsp3) is 0.455. The summed E-state index contributed by atoms with van der Waals surface area (Å²) in [6, 6.07) is 8.09. The molecule has 0 fully saturated rings. The van der Waals surface area contributed by atoms with Crippen LogP contribution in [0.2, 0.25) is 0 Å². The van der Waals surface area contributed by atoms with Crippen LogP contribution >= 0.6 is 19.5 Å². The topological polar surface area (TPSA) is 43.1 Å². The molecule has 2 N–H and O–H groups in total. The van der Waals surface area contributed by atoms with Crippen LogP contribution in [0, 0.1) is 0 Å². The van der Waals surface area contributed by atoms with Crippen LogP contribution in [-0.4, -0.2) is 19.4 Å². The van der Waals surface area contributed by atoms with Gasteiger partial charge in [-0.25, -0.2) is 0 Å². The molecule has 1 unspecified atom stereocenters. The van der Waals surface area contributed by atoms with E-state index in [0.29, 0.717) is 0 Å². The molecule has 0 spiro atoms. The first-order chi connectivity index (χ1) is 6.39. The summed E-state index contributed by atoms with van der Waals surface area (Å²) in [4.78, 5) is 0. The molecule has 0 aliphatic carbocycles. The summed E-state index contributed by atoms with van der Waals surface area (Å²) in [5.41, 5.74) is 6.90. The summed E-state index contributed by atoms with van der Waals surface area (Å²) >= 11 is 0. The monoisotopic (exact) mass is 247 g/mol. The Morgan fingerprint density at radius 2 is 1.73 bits per heavy atom. The van der Waals surface area contributed by atoms with Gasteiger partial charge in [-0.15, -0.1) is 12.4 Å². The second-order valence-corrected chi connectivity index (χ2v) is 7.42. The molecule has 1 atom stereocenters. The molecule has 0 amide bonds. The fourth-order valence-corrected chi connectivity index (χ4v) is 2.23. The van der Waals surface area contributed by atoms with Gasteiger partial charge in [0.05, 0.1) is 0 Å². The Morgan fingerprint density at radius 3 is 2.07 bits per heavy atom. The lowest BCUT2D eigenvalue weighted by Gasteiger charge is -2.09. The molecule has 1 aromatic carbocycles. The normalized spacial score (nSPS) is 13.1. The number of hydrogen-bond donors (Lipinski definition) is 1. The Bertz CT molecular complexity index is 342. The van der Waals surface area contributed by atoms with Gasteiger partial charge in [0.25, 0.3) is 0 Å². The zero-order chi connectivity index (χ0) is 10.8. The van der Waals surface area contributed by atoms with Crippen LogP contribution < -0.4 is 11.0 Å². The van der Waals surface area contributed by atoms with E-state index < -0.39 is 7.14 Å². The van der Waals surface area contributed by atoms with Gasteiger partial charge in [-0.2, -0.15) is 0 Å². The van der Waals surface area contributed by atoms with Crippen molar-refractivity contribution in [2.45, 2.75) is 19.4 Å². The van der Waals surface area contributed by atoms with Gasteiger partial charge < -0.3 is 10.3 Å². The SMILES string of the molecule is CC(N)Cc1ccc(P(C)(C)=O)cc1.Cl. The lowest BCUT2D eigenvalue weighted by atomic mass is 10.1. The van der Waals surface area contributed by atoms with Crippen LogP contribution in [0.15, 0.2) is 24.3 Å². The van der Waals surface area contributed by atoms with Crippen molar-refractivity contribution in [2.24, 2.45) is 5.73 Å². The van der Waals surface area contributed by atoms with E-state index in [1.54, 1.807) is 13.3 Å². The molecule has 0 aliphatic heterocycles. The first-order valence-electron chi connectivity index (χ1n) is 4.79. The maximum atomic E-state index is 11.7. The molecule has 0 aliphatic rings. The molecule has 1 rings (SSSR count). The molecule has 4 heteroatoms. The predicted octanol–water partition coefficient (Wildman–Crippen LogP) is 2.25. The third-order valence-electron chi connectivity index (χ3n) is 2.12. The van der Waals surface area contributed by atoms with E-state index in [2.05, 4.69) is 0 Å². The van der Waals surface area contributed by atoms with E-state index >= 15 is 0 Å². The van der Waals surface area contributed by atoms with E-state index in [1.165, 1.54) is 5.56 Å². The van der Waals surface area contributed by atoms with Crippen molar-refractivity contribution in [3.05, 3.63) is 29.8 Å². The quantitative estimate of drug-likeness (QED) is 0.833. The van der Waals surface area contributed by atoms with Crippen LogP contribution in [0.4, 0.5) is 0 Å². The van der Waals surface area contributed by atoms with Crippen molar-refractivity contribution in [3.63, 3.8) is 0 Å². The van der Waals surface area contributed by atoms with Crippen molar-refractivity contribution in [2.75, 3.05) is 13.3 Å². The lowest BCUT2D eigenvalue weighted by molar-refractivity contribution is 0.588. The maximum Gasteiger partial charge on any atom is 0.109 e. The molecule has 0 heterocycles. The first-order valence-corrected chi connectivity index (χ1v) is 7.40. The van der Waals surface area contributed by atoms with Crippen molar-refractivity contribution in [1.29, 1.82) is 0 Å². The van der Waals surface area contributed by atoms with E-state index in [9.17, 15) is 4.57 Å². The van der Waals surface area contributed by atoms with Gasteiger partial charge in [-0.3, -0.25) is 0 Å². The summed E-state index contributed by atoms with van der Waals surface area (Å²) in [6.45, 7) is 5.56. The number of rotatable bonds is 3. The molecular weight excluding hydrogens is 229 g/mol. The van der Waals surface area contributed by atoms with Gasteiger partial charge in [0.2, 0.25) is 0 Å². The molecule has 1 aromatic rings. The standard InChI is InChI=1S/C11H18NOP.ClH/c1-9(12)8-10-4-6-11(7-5-10)14(2,3)13;/h4-7,9H,8,12H2,1-3H3;1H. The highest BCUT2D eigenvalue weighted by molar-refractivity contribution is 7.70. The summed E-state index contributed by atoms with van der Waals surface area (Å²) in [7, 11) is -2.10. The summed E-state index contributed by atoms with van der Waals surface area (Å²) in [5, 5.41) is 0.936. The number of nitrogens with two attached hydrogens (primary N) is 1. The lowest BCUT2D eigenvalue weighted by Crippen LogP contribution is -2.18. The van der Waals surface area contributed by atoms with Crippen molar-refractivity contribution >= 4 is 24.9 Å². The summed E-state index contributed by atoms with van der Waals surface area (Å²) in [6.07, 6.45) is 0.873. The number of halogens is 1. The van der Waals surface area contributed by atoms with Crippen molar-refractivity contribution in [3.8, 4) is 0 Å². The molecule has 0 radical (unpaired) electrons. The average molecular weight is 248 g/mol. The highest BCUT2D eigenvalue weighted by Gasteiger charge is 2.10. The average Bonchev–Trinajstić information content (AvgIpc) is 2.02. The Labute approximate surface area is 98.0 Å². The summed E-state index contributed by atoms with van der Waals surface area (Å²) < 4.78 is 11.7. The molecule has 0 bridgehead atoms. The second kappa shape index (κ2) is 5.69. The minimum atomic E-state index is -2.10. The van der Waals surface area contributed by atoms with Gasteiger partial charge in [-0.1, -0.05) is 24.3 Å². The van der Waals surface area contributed by atoms with E-state index in [1.807, 2.05) is 31.2 Å². The maximum absolute atomic E-state index is 11.7. The van der Waals surface area contributed by atoms with Crippen LogP contribution in [0.3, 0.4) is 0 Å². The molecule has 0 saturated carbocycles. The molecular formula is C11H19ClNOP. The molecule has 86 valence electrons. The smallest absolute Gasteiger partial charge is 0.109 e. The highest BCUT2D eigenvalue weighted by atomic mass is 35.5. The Hall–Kier alpha value is -0.300. The van der Waals surface area contributed by atoms with Crippen molar-refractivity contribution in [1.82, 2.24) is 0 Å². The third-order valence-corrected chi connectivity index (χ3v) is 3.66. The molecule has 2 nitrogen and oxygen atoms in total. The molecule has 0 saturated heterocycles. The number of benzene rings is 1. The fourth-order valence-electron chi connectivity index (χ4n) is 1.36. The van der Waals surface area contributed by atoms with Crippen LogP contribution in [0.5, 0.6) is 0 Å². The van der Waals surface area contributed by atoms with Gasteiger partial charge in [0, 0.05) is 11.3 Å². The van der Waals surface area contributed by atoms with E-state index in [4.69, 9.17) is 5.73 Å². The largest absolute Gasteiger partial charge is 0.328 e. The zero-order valence-corrected chi connectivity index (χ0v) is 11.1. The Balaban J connectivity index is 0.00000196. The van der Waals surface area contributed by atoms with Crippen LogP contribution in [0.1, 0.15) is 12.5 Å². The van der Waals surface area contributed by atoms with Crippen LogP contribution in [0.25, 0.3) is 0 Å². The van der Waals surface area contributed by atoms with Gasteiger partial charge in [-0.05, 0) is 32.2 Å². The minimum absolute atomic E-state index is 0. The minimum Gasteiger partial charge on any atom is -0.328 e. The molecule has 0 aromatic heterocycles. The Morgan fingerprint density at radius 1 is 1.27 bits per heavy atom. The second-order valence-electron chi connectivity index (χ2n) is 4.20. The van der Waals surface area contributed by atoms with E-state index in [0.717, 1.165) is 11.7 Å². The predicted molar refractivity (Wildman–Crippen MR) is 70.1 cm³/mol. The highest BCUT2D eigenvalue weighted by Crippen LogP contribution is 2.34. The zero-order valence-electron chi connectivity index (χ0n) is 9.43. The van der Waals surface area contributed by atoms with Gasteiger partial charge in [0.15, 0.2) is 0 Å². The van der Waals surface area contributed by atoms with Crippen molar-refractivity contribution < 1.29 is 4.57 Å². The third kappa shape index (κ3) is 4.83. The van der Waals surface area contributed by atoms with Gasteiger partial charge >= 0.3 is 0 Å². The van der Waals surface area contributed by atoms with Gasteiger partial charge in [0.1, 0.15) is 7.14 Å². The number of hydrogen-bond acceptors (Lipinski definition) is 2. The Kier molecular flexibility index (Phi) is 5.58. The molecule has 15 heavy (non-hydrogen) atoms. The summed E-state index contributed by atoms with van der Waals surface area (Å²) in [5.74, 6) is 0.